The van der Waals surface area contributed by atoms with Gasteiger partial charge in [-0.25, -0.2) is 0 Å². The molecule has 0 amide bonds. The van der Waals surface area contributed by atoms with Gasteiger partial charge in [0.1, 0.15) is 0 Å². The van der Waals surface area contributed by atoms with Crippen LogP contribution in [0.5, 0.6) is 0 Å². The van der Waals surface area contributed by atoms with Gasteiger partial charge in [0, 0.05) is 12.4 Å². The van der Waals surface area contributed by atoms with Crippen molar-refractivity contribution < 1.29 is 19.4 Å². The van der Waals surface area contributed by atoms with Crippen molar-refractivity contribution in [3.05, 3.63) is 0 Å². The molecule has 0 unspecified atom stereocenters. The first-order valence-corrected chi connectivity index (χ1v) is 4.89. The summed E-state index contributed by atoms with van der Waals surface area (Å²) in [5.41, 5.74) is -0.814. The SMILES string of the molecule is COC(=O)C1(CC(=O)[O-])CCCCC1. The molecule has 14 heavy (non-hydrogen) atoms. The van der Waals surface area contributed by atoms with Gasteiger partial charge in [-0.05, 0) is 12.8 Å². The molecule has 0 aromatic rings. The predicted molar refractivity (Wildman–Crippen MR) is 47.2 cm³/mol. The minimum atomic E-state index is -1.17. The van der Waals surface area contributed by atoms with Gasteiger partial charge >= 0.3 is 5.97 Å². The van der Waals surface area contributed by atoms with Crippen molar-refractivity contribution in [3.63, 3.8) is 0 Å². The molecular weight excluding hydrogens is 184 g/mol. The molecule has 1 fully saturated rings. The van der Waals surface area contributed by atoms with E-state index in [0.717, 1.165) is 19.3 Å². The summed E-state index contributed by atoms with van der Waals surface area (Å²) < 4.78 is 4.66. The van der Waals surface area contributed by atoms with Crippen LogP contribution in [0.15, 0.2) is 0 Å². The summed E-state index contributed by atoms with van der Waals surface area (Å²) in [6, 6.07) is 0. The zero-order chi connectivity index (χ0) is 10.6. The fourth-order valence-electron chi connectivity index (χ4n) is 2.17. The van der Waals surface area contributed by atoms with Gasteiger partial charge in [0.25, 0.3) is 0 Å². The second-order valence-corrected chi connectivity index (χ2v) is 3.88. The number of aliphatic carboxylic acids is 1. The van der Waals surface area contributed by atoms with Crippen molar-refractivity contribution in [3.8, 4) is 0 Å². The molecule has 0 aromatic carbocycles. The van der Waals surface area contributed by atoms with Crippen molar-refractivity contribution in [2.75, 3.05) is 7.11 Å². The fourth-order valence-corrected chi connectivity index (χ4v) is 2.17. The summed E-state index contributed by atoms with van der Waals surface area (Å²) in [6.07, 6.45) is 3.84. The van der Waals surface area contributed by atoms with Crippen LogP contribution in [0.1, 0.15) is 38.5 Å². The number of carbonyl (C=O) groups is 2. The maximum atomic E-state index is 11.5. The molecule has 0 aliphatic heterocycles. The first kappa shape index (κ1) is 11.0. The number of carbonyl (C=O) groups excluding carboxylic acids is 2. The van der Waals surface area contributed by atoms with E-state index < -0.39 is 17.4 Å². The zero-order valence-corrected chi connectivity index (χ0v) is 8.38. The number of carboxylic acids is 1. The molecule has 4 nitrogen and oxygen atoms in total. The molecule has 1 saturated carbocycles. The van der Waals surface area contributed by atoms with Crippen LogP contribution in [0, 0.1) is 5.41 Å². The van der Waals surface area contributed by atoms with E-state index in [1.165, 1.54) is 7.11 Å². The molecular formula is C10H15O4-. The van der Waals surface area contributed by atoms with E-state index in [1.54, 1.807) is 0 Å². The van der Waals surface area contributed by atoms with Gasteiger partial charge in [0.15, 0.2) is 0 Å². The van der Waals surface area contributed by atoms with E-state index >= 15 is 0 Å². The van der Waals surface area contributed by atoms with Crippen LogP contribution in [0.25, 0.3) is 0 Å². The maximum absolute atomic E-state index is 11.5. The summed E-state index contributed by atoms with van der Waals surface area (Å²) in [6.45, 7) is 0. The van der Waals surface area contributed by atoms with Crippen molar-refractivity contribution in [1.82, 2.24) is 0 Å². The Morgan fingerprint density at radius 1 is 1.29 bits per heavy atom. The third-order valence-corrected chi connectivity index (χ3v) is 2.91. The largest absolute Gasteiger partial charge is 0.550 e. The molecule has 80 valence electrons. The summed E-state index contributed by atoms with van der Waals surface area (Å²) in [7, 11) is 1.30. The lowest BCUT2D eigenvalue weighted by Gasteiger charge is -2.34. The third-order valence-electron chi connectivity index (χ3n) is 2.91. The van der Waals surface area contributed by atoms with Gasteiger partial charge in [-0.3, -0.25) is 4.79 Å². The lowest BCUT2D eigenvalue weighted by molar-refractivity contribution is -0.308. The highest BCUT2D eigenvalue weighted by Crippen LogP contribution is 2.40. The summed E-state index contributed by atoms with van der Waals surface area (Å²) in [5, 5.41) is 10.6. The molecule has 0 heterocycles. The van der Waals surface area contributed by atoms with Crippen LogP contribution in [0.4, 0.5) is 0 Å². The summed E-state index contributed by atoms with van der Waals surface area (Å²) in [5.74, 6) is -1.57. The highest BCUT2D eigenvalue weighted by atomic mass is 16.5. The van der Waals surface area contributed by atoms with E-state index in [1.807, 2.05) is 0 Å². The van der Waals surface area contributed by atoms with Gasteiger partial charge in [-0.1, -0.05) is 19.3 Å². The van der Waals surface area contributed by atoms with Crippen LogP contribution >= 0.6 is 0 Å². The Hall–Kier alpha value is -1.06. The van der Waals surface area contributed by atoms with Gasteiger partial charge in [-0.2, -0.15) is 0 Å². The number of hydrogen-bond acceptors (Lipinski definition) is 4. The maximum Gasteiger partial charge on any atom is 0.312 e. The Bertz CT molecular complexity index is 228. The number of carboxylic acid groups (broad SMARTS) is 1. The quantitative estimate of drug-likeness (QED) is 0.611. The lowest BCUT2D eigenvalue weighted by Crippen LogP contribution is -2.40. The van der Waals surface area contributed by atoms with Crippen molar-refractivity contribution in [2.24, 2.45) is 5.41 Å². The number of methoxy groups -OCH3 is 1. The van der Waals surface area contributed by atoms with Crippen LogP contribution in [-0.2, 0) is 14.3 Å². The van der Waals surface area contributed by atoms with Gasteiger partial charge in [0.2, 0.25) is 0 Å². The van der Waals surface area contributed by atoms with Gasteiger partial charge in [0.05, 0.1) is 12.5 Å². The molecule has 0 aromatic heterocycles. The summed E-state index contributed by atoms with van der Waals surface area (Å²) in [4.78, 5) is 22.1. The summed E-state index contributed by atoms with van der Waals surface area (Å²) >= 11 is 0. The van der Waals surface area contributed by atoms with Crippen molar-refractivity contribution in [2.45, 2.75) is 38.5 Å². The van der Waals surface area contributed by atoms with E-state index in [2.05, 4.69) is 4.74 Å². The number of ether oxygens (including phenoxy) is 1. The van der Waals surface area contributed by atoms with Gasteiger partial charge < -0.3 is 14.6 Å². The highest BCUT2D eigenvalue weighted by molar-refractivity contribution is 5.82. The molecule has 0 spiro atoms. The Kier molecular flexibility index (Phi) is 3.49. The first-order chi connectivity index (χ1) is 6.60. The van der Waals surface area contributed by atoms with Crippen molar-refractivity contribution in [1.29, 1.82) is 0 Å². The van der Waals surface area contributed by atoms with E-state index in [4.69, 9.17) is 0 Å². The number of esters is 1. The molecule has 1 aliphatic carbocycles. The van der Waals surface area contributed by atoms with E-state index in [0.29, 0.717) is 12.8 Å². The second kappa shape index (κ2) is 4.44. The minimum absolute atomic E-state index is 0.209. The number of rotatable bonds is 3. The normalized spacial score (nSPS) is 20.1. The number of hydrogen-bond donors (Lipinski definition) is 0. The Morgan fingerprint density at radius 2 is 1.86 bits per heavy atom. The van der Waals surface area contributed by atoms with Crippen molar-refractivity contribution >= 4 is 11.9 Å². The predicted octanol–water partition coefficient (Wildman–Crippen LogP) is 0.250. The van der Waals surface area contributed by atoms with Gasteiger partial charge in [-0.15, -0.1) is 0 Å². The molecule has 0 atom stereocenters. The molecule has 0 bridgehead atoms. The van der Waals surface area contributed by atoms with E-state index in [9.17, 15) is 14.7 Å². The molecule has 0 radical (unpaired) electrons. The topological polar surface area (TPSA) is 66.4 Å². The standard InChI is InChI=1S/C10H16O4/c1-14-9(13)10(7-8(11)12)5-3-2-4-6-10/h2-7H2,1H3,(H,11,12)/p-1. The van der Waals surface area contributed by atoms with Crippen LogP contribution in [0.3, 0.4) is 0 Å². The molecule has 0 N–H and O–H groups in total. The Labute approximate surface area is 83.2 Å². The van der Waals surface area contributed by atoms with Crippen LogP contribution in [-0.4, -0.2) is 19.0 Å². The molecule has 1 aliphatic rings. The van der Waals surface area contributed by atoms with E-state index in [-0.39, 0.29) is 6.42 Å². The first-order valence-electron chi connectivity index (χ1n) is 4.89. The molecule has 0 saturated heterocycles. The lowest BCUT2D eigenvalue weighted by atomic mass is 9.72. The minimum Gasteiger partial charge on any atom is -0.550 e. The molecule has 1 rings (SSSR count). The average Bonchev–Trinajstić information content (AvgIpc) is 2.17. The van der Waals surface area contributed by atoms with Crippen LogP contribution in [0.2, 0.25) is 0 Å². The average molecular weight is 199 g/mol. The monoisotopic (exact) mass is 199 g/mol. The van der Waals surface area contributed by atoms with Crippen LogP contribution < -0.4 is 5.11 Å². The molecule has 4 heteroatoms. The third kappa shape index (κ3) is 2.25. The highest BCUT2D eigenvalue weighted by Gasteiger charge is 2.40. The second-order valence-electron chi connectivity index (χ2n) is 3.88. The Balaban J connectivity index is 2.76. The zero-order valence-electron chi connectivity index (χ0n) is 8.38. The smallest absolute Gasteiger partial charge is 0.312 e. The Morgan fingerprint density at radius 3 is 2.29 bits per heavy atom. The fraction of sp³-hybridized carbons (Fsp3) is 0.800.